The van der Waals surface area contributed by atoms with Gasteiger partial charge < -0.3 is 0 Å². The molecule has 1 heteroatoms. The molecule has 1 heterocycles. The van der Waals surface area contributed by atoms with Gasteiger partial charge in [0.1, 0.15) is 0 Å². The summed E-state index contributed by atoms with van der Waals surface area (Å²) in [4.78, 5) is 2.56. The summed E-state index contributed by atoms with van der Waals surface area (Å²) in [5, 5.41) is 0. The number of likely N-dealkylation sites (tertiary alicyclic amines) is 1. The van der Waals surface area contributed by atoms with Crippen molar-refractivity contribution in [1.82, 2.24) is 4.90 Å². The SMILES string of the molecule is C=Cc1ccc(C(C)N2CCCC2)cc1. The second-order valence-corrected chi connectivity index (χ2v) is 4.29. The van der Waals surface area contributed by atoms with Crippen molar-refractivity contribution in [3.63, 3.8) is 0 Å². The first-order valence-electron chi connectivity index (χ1n) is 5.77. The summed E-state index contributed by atoms with van der Waals surface area (Å²) in [5.41, 5.74) is 2.62. The Balaban J connectivity index is 2.10. The molecular weight excluding hydrogens is 182 g/mol. The molecule has 0 amide bonds. The van der Waals surface area contributed by atoms with Crippen LogP contribution in [0, 0.1) is 0 Å². The lowest BCUT2D eigenvalue weighted by atomic mass is 10.1. The summed E-state index contributed by atoms with van der Waals surface area (Å²) in [6, 6.07) is 9.30. The molecule has 1 aliphatic heterocycles. The Morgan fingerprint density at radius 2 is 1.80 bits per heavy atom. The Bertz CT molecular complexity index is 320. The molecule has 1 atom stereocenters. The number of nitrogens with zero attached hydrogens (tertiary/aromatic N) is 1. The lowest BCUT2D eigenvalue weighted by Crippen LogP contribution is -2.23. The van der Waals surface area contributed by atoms with E-state index in [1.165, 1.54) is 37.1 Å². The van der Waals surface area contributed by atoms with Crippen LogP contribution in [-0.4, -0.2) is 18.0 Å². The molecule has 0 radical (unpaired) electrons. The minimum atomic E-state index is 0.561. The normalized spacial score (nSPS) is 19.0. The lowest BCUT2D eigenvalue weighted by Gasteiger charge is -2.24. The highest BCUT2D eigenvalue weighted by molar-refractivity contribution is 5.47. The van der Waals surface area contributed by atoms with Gasteiger partial charge in [0, 0.05) is 6.04 Å². The maximum atomic E-state index is 3.77. The van der Waals surface area contributed by atoms with Gasteiger partial charge in [0.25, 0.3) is 0 Å². The van der Waals surface area contributed by atoms with Gasteiger partial charge in [-0.05, 0) is 44.0 Å². The smallest absolute Gasteiger partial charge is 0.0319 e. The number of rotatable bonds is 3. The van der Waals surface area contributed by atoms with Gasteiger partial charge in [-0.3, -0.25) is 4.90 Å². The fourth-order valence-corrected chi connectivity index (χ4v) is 2.25. The Labute approximate surface area is 92.4 Å². The fraction of sp³-hybridized carbons (Fsp3) is 0.429. The van der Waals surface area contributed by atoms with Gasteiger partial charge in [-0.1, -0.05) is 36.9 Å². The molecule has 15 heavy (non-hydrogen) atoms. The second-order valence-electron chi connectivity index (χ2n) is 4.29. The summed E-state index contributed by atoms with van der Waals surface area (Å²) in [5.74, 6) is 0. The fourth-order valence-electron chi connectivity index (χ4n) is 2.25. The second kappa shape index (κ2) is 4.63. The largest absolute Gasteiger partial charge is 0.297 e. The van der Waals surface area contributed by atoms with Crippen molar-refractivity contribution < 1.29 is 0 Å². The van der Waals surface area contributed by atoms with E-state index in [1.54, 1.807) is 0 Å². The third-order valence-corrected chi connectivity index (χ3v) is 3.34. The van der Waals surface area contributed by atoms with Crippen LogP contribution in [0.4, 0.5) is 0 Å². The summed E-state index contributed by atoms with van der Waals surface area (Å²) in [7, 11) is 0. The molecule has 1 nitrogen and oxygen atoms in total. The molecule has 2 rings (SSSR count). The molecule has 0 bridgehead atoms. The summed E-state index contributed by atoms with van der Waals surface area (Å²) in [6.07, 6.45) is 4.61. The molecule has 0 saturated carbocycles. The number of benzene rings is 1. The zero-order valence-electron chi connectivity index (χ0n) is 9.45. The molecule has 1 aliphatic rings. The maximum absolute atomic E-state index is 3.77. The molecule has 0 aromatic heterocycles. The molecule has 80 valence electrons. The zero-order valence-corrected chi connectivity index (χ0v) is 9.45. The van der Waals surface area contributed by atoms with Gasteiger partial charge in [0.2, 0.25) is 0 Å². The molecule has 1 fully saturated rings. The average Bonchev–Trinajstić information content (AvgIpc) is 2.82. The van der Waals surface area contributed by atoms with Crippen molar-refractivity contribution in [2.45, 2.75) is 25.8 Å². The van der Waals surface area contributed by atoms with E-state index < -0.39 is 0 Å². The maximum Gasteiger partial charge on any atom is 0.0319 e. The first kappa shape index (κ1) is 10.4. The summed E-state index contributed by atoms with van der Waals surface area (Å²) < 4.78 is 0. The van der Waals surface area contributed by atoms with Gasteiger partial charge in [-0.15, -0.1) is 0 Å². The quantitative estimate of drug-likeness (QED) is 0.723. The van der Waals surface area contributed by atoms with Crippen molar-refractivity contribution in [2.75, 3.05) is 13.1 Å². The van der Waals surface area contributed by atoms with Crippen molar-refractivity contribution in [3.8, 4) is 0 Å². The number of hydrogen-bond donors (Lipinski definition) is 0. The van der Waals surface area contributed by atoms with E-state index in [0.717, 1.165) is 0 Å². The van der Waals surface area contributed by atoms with Crippen LogP contribution >= 0.6 is 0 Å². The van der Waals surface area contributed by atoms with Crippen LogP contribution in [0.25, 0.3) is 6.08 Å². The highest BCUT2D eigenvalue weighted by Crippen LogP contribution is 2.24. The Hall–Kier alpha value is -1.08. The molecule has 0 aliphatic carbocycles. The Kier molecular flexibility index (Phi) is 3.22. The highest BCUT2D eigenvalue weighted by atomic mass is 15.2. The average molecular weight is 201 g/mol. The molecule has 0 N–H and O–H groups in total. The van der Waals surface area contributed by atoms with Gasteiger partial charge in [-0.2, -0.15) is 0 Å². The van der Waals surface area contributed by atoms with E-state index in [2.05, 4.69) is 42.7 Å². The Morgan fingerprint density at radius 1 is 1.20 bits per heavy atom. The molecule has 0 spiro atoms. The zero-order chi connectivity index (χ0) is 10.7. The molecule has 1 saturated heterocycles. The van der Waals surface area contributed by atoms with E-state index in [9.17, 15) is 0 Å². The van der Waals surface area contributed by atoms with Crippen molar-refractivity contribution >= 4 is 6.08 Å². The summed E-state index contributed by atoms with van der Waals surface area (Å²) >= 11 is 0. The van der Waals surface area contributed by atoms with Crippen LogP contribution in [0.3, 0.4) is 0 Å². The van der Waals surface area contributed by atoms with Crippen LogP contribution in [0.2, 0.25) is 0 Å². The van der Waals surface area contributed by atoms with Crippen molar-refractivity contribution in [2.24, 2.45) is 0 Å². The third kappa shape index (κ3) is 2.29. The van der Waals surface area contributed by atoms with Gasteiger partial charge in [0.05, 0.1) is 0 Å². The lowest BCUT2D eigenvalue weighted by molar-refractivity contribution is 0.263. The molecule has 1 aromatic carbocycles. The minimum Gasteiger partial charge on any atom is -0.297 e. The molecule has 1 aromatic rings. The van der Waals surface area contributed by atoms with Crippen LogP contribution in [0.5, 0.6) is 0 Å². The van der Waals surface area contributed by atoms with E-state index >= 15 is 0 Å². The van der Waals surface area contributed by atoms with E-state index in [-0.39, 0.29) is 0 Å². The first-order valence-corrected chi connectivity index (χ1v) is 5.77. The van der Waals surface area contributed by atoms with Crippen LogP contribution in [0.15, 0.2) is 30.8 Å². The Morgan fingerprint density at radius 3 is 2.33 bits per heavy atom. The minimum absolute atomic E-state index is 0.561. The van der Waals surface area contributed by atoms with E-state index in [0.29, 0.717) is 6.04 Å². The van der Waals surface area contributed by atoms with Crippen molar-refractivity contribution in [1.29, 1.82) is 0 Å². The predicted molar refractivity (Wildman–Crippen MR) is 65.8 cm³/mol. The number of hydrogen-bond acceptors (Lipinski definition) is 1. The molecule has 1 unspecified atom stereocenters. The van der Waals surface area contributed by atoms with Crippen LogP contribution in [0.1, 0.15) is 36.9 Å². The van der Waals surface area contributed by atoms with Crippen molar-refractivity contribution in [3.05, 3.63) is 42.0 Å². The highest BCUT2D eigenvalue weighted by Gasteiger charge is 2.18. The standard InChI is InChI=1S/C14H19N/c1-3-13-6-8-14(9-7-13)12(2)15-10-4-5-11-15/h3,6-9,12H,1,4-5,10-11H2,2H3. The predicted octanol–water partition coefficient (Wildman–Crippen LogP) is 3.49. The van der Waals surface area contributed by atoms with E-state index in [1.807, 2.05) is 6.08 Å². The van der Waals surface area contributed by atoms with Gasteiger partial charge in [-0.25, -0.2) is 0 Å². The summed E-state index contributed by atoms with van der Waals surface area (Å²) in [6.45, 7) is 8.58. The third-order valence-electron chi connectivity index (χ3n) is 3.34. The van der Waals surface area contributed by atoms with Gasteiger partial charge >= 0.3 is 0 Å². The molecular formula is C14H19N. The van der Waals surface area contributed by atoms with Crippen LogP contribution in [-0.2, 0) is 0 Å². The first-order chi connectivity index (χ1) is 7.31. The van der Waals surface area contributed by atoms with E-state index in [4.69, 9.17) is 0 Å². The van der Waals surface area contributed by atoms with Crippen LogP contribution < -0.4 is 0 Å². The topological polar surface area (TPSA) is 3.24 Å². The van der Waals surface area contributed by atoms with Gasteiger partial charge in [0.15, 0.2) is 0 Å². The monoisotopic (exact) mass is 201 g/mol.